The predicted molar refractivity (Wildman–Crippen MR) is 171 cm³/mol. The van der Waals surface area contributed by atoms with Crippen molar-refractivity contribution in [3.05, 3.63) is 115 Å². The van der Waals surface area contributed by atoms with Crippen LogP contribution in [0.4, 0.5) is 0 Å². The first-order chi connectivity index (χ1) is 20.7. The number of para-hydroxylation sites is 3. The van der Waals surface area contributed by atoms with Gasteiger partial charge in [-0.05, 0) is 72.9 Å². The fourth-order valence-electron chi connectivity index (χ4n) is 7.16. The molecule has 0 unspecified atom stereocenters. The Morgan fingerprint density at radius 3 is 2.29 bits per heavy atom. The largest absolute Gasteiger partial charge is 0.454 e. The zero-order valence-corrected chi connectivity index (χ0v) is 23.7. The zero-order chi connectivity index (χ0) is 27.9. The number of aromatic nitrogens is 4. The normalized spacial score (nSPS) is 13.4. The molecule has 5 nitrogen and oxygen atoms in total. The van der Waals surface area contributed by atoms with Crippen molar-refractivity contribution in [3.63, 3.8) is 0 Å². The Bertz CT molecular complexity index is 2270. The summed E-state index contributed by atoms with van der Waals surface area (Å²) in [6, 6.07) is 35.0. The first kappa shape index (κ1) is 23.7. The molecule has 0 radical (unpaired) electrons. The van der Waals surface area contributed by atoms with Gasteiger partial charge in [-0.3, -0.25) is 4.68 Å². The third kappa shape index (κ3) is 3.22. The maximum Gasteiger partial charge on any atom is 0.159 e. The summed E-state index contributed by atoms with van der Waals surface area (Å²) in [7, 11) is 0. The van der Waals surface area contributed by atoms with Gasteiger partial charge in [-0.15, -0.1) is 0 Å². The molecule has 0 bridgehead atoms. The van der Waals surface area contributed by atoms with Gasteiger partial charge in [0.05, 0.1) is 28.1 Å². The number of benzene rings is 4. The maximum atomic E-state index is 6.69. The van der Waals surface area contributed by atoms with Crippen molar-refractivity contribution in [1.29, 1.82) is 0 Å². The highest BCUT2D eigenvalue weighted by atomic mass is 16.3. The predicted octanol–water partition coefficient (Wildman–Crippen LogP) is 9.41. The Kier molecular flexibility index (Phi) is 4.92. The van der Waals surface area contributed by atoms with E-state index in [0.29, 0.717) is 5.92 Å². The third-order valence-electron chi connectivity index (χ3n) is 9.01. The van der Waals surface area contributed by atoms with Crippen molar-refractivity contribution in [2.45, 2.75) is 39.2 Å². The lowest BCUT2D eigenvalue weighted by Gasteiger charge is -2.16. The molecule has 4 aromatic heterocycles. The average molecular weight is 547 g/mol. The first-order valence-corrected chi connectivity index (χ1v) is 14.9. The number of fused-ring (bicyclic) bond motifs is 9. The number of hydrogen-bond acceptors (Lipinski definition) is 2. The molecule has 0 N–H and O–H groups in total. The SMILES string of the molecule is CC(C)c1cc2c(n1-c1ccc3oc4c(-n5c6ccccc6c6ccccc65)cccc4c3c1)-c1ccnn1CCC2. The smallest absolute Gasteiger partial charge is 0.159 e. The van der Waals surface area contributed by atoms with Gasteiger partial charge in [-0.2, -0.15) is 5.10 Å². The molecule has 0 fully saturated rings. The van der Waals surface area contributed by atoms with Crippen molar-refractivity contribution in [2.75, 3.05) is 0 Å². The highest BCUT2D eigenvalue weighted by Gasteiger charge is 2.25. The Balaban J connectivity index is 1.31. The summed E-state index contributed by atoms with van der Waals surface area (Å²) in [5.74, 6) is 0.381. The van der Waals surface area contributed by atoms with Crippen LogP contribution in [-0.4, -0.2) is 18.9 Å². The van der Waals surface area contributed by atoms with Crippen molar-refractivity contribution in [1.82, 2.24) is 18.9 Å². The van der Waals surface area contributed by atoms with E-state index in [1.54, 1.807) is 0 Å². The fraction of sp³-hybridized carbons (Fsp3) is 0.162. The van der Waals surface area contributed by atoms with Crippen LogP contribution in [-0.2, 0) is 13.0 Å². The van der Waals surface area contributed by atoms with Crippen molar-refractivity contribution < 1.29 is 4.42 Å². The van der Waals surface area contributed by atoms with Crippen LogP contribution in [0, 0.1) is 0 Å². The molecule has 8 aromatic rings. The van der Waals surface area contributed by atoms with E-state index in [0.717, 1.165) is 52.7 Å². The number of hydrogen-bond donors (Lipinski definition) is 0. The summed E-state index contributed by atoms with van der Waals surface area (Å²) in [4.78, 5) is 0. The zero-order valence-electron chi connectivity index (χ0n) is 23.7. The number of aryl methyl sites for hydroxylation is 2. The van der Waals surface area contributed by atoms with Crippen molar-refractivity contribution in [2.24, 2.45) is 0 Å². The van der Waals surface area contributed by atoms with Gasteiger partial charge in [0.25, 0.3) is 0 Å². The molecule has 0 saturated heterocycles. The highest BCUT2D eigenvalue weighted by molar-refractivity contribution is 6.12. The second kappa shape index (κ2) is 8.73. The maximum absolute atomic E-state index is 6.69. The lowest BCUT2D eigenvalue weighted by Crippen LogP contribution is -2.06. The van der Waals surface area contributed by atoms with Crippen LogP contribution in [0.2, 0.25) is 0 Å². The number of rotatable bonds is 3. The molecule has 4 aromatic carbocycles. The topological polar surface area (TPSA) is 40.8 Å². The monoisotopic (exact) mass is 546 g/mol. The summed E-state index contributed by atoms with van der Waals surface area (Å²) >= 11 is 0. The molecule has 1 aliphatic heterocycles. The van der Waals surface area contributed by atoms with E-state index in [-0.39, 0.29) is 0 Å². The Morgan fingerprint density at radius 1 is 0.738 bits per heavy atom. The molecule has 0 saturated carbocycles. The van der Waals surface area contributed by atoms with Crippen LogP contribution in [0.1, 0.15) is 37.4 Å². The first-order valence-electron chi connectivity index (χ1n) is 14.9. The van der Waals surface area contributed by atoms with Gasteiger partial charge in [0.15, 0.2) is 5.58 Å². The Morgan fingerprint density at radius 2 is 1.50 bits per heavy atom. The molecular weight excluding hydrogens is 516 g/mol. The second-order valence-electron chi connectivity index (χ2n) is 11.8. The molecule has 9 rings (SSSR count). The average Bonchev–Trinajstić information content (AvgIpc) is 3.77. The minimum absolute atomic E-state index is 0.381. The van der Waals surface area contributed by atoms with Gasteiger partial charge in [-0.1, -0.05) is 62.4 Å². The summed E-state index contributed by atoms with van der Waals surface area (Å²) in [6.45, 7) is 5.52. The third-order valence-corrected chi connectivity index (χ3v) is 9.01. The lowest BCUT2D eigenvalue weighted by atomic mass is 10.1. The van der Waals surface area contributed by atoms with Crippen molar-refractivity contribution >= 4 is 43.7 Å². The molecule has 5 heteroatoms. The molecule has 1 aliphatic rings. The van der Waals surface area contributed by atoms with Gasteiger partial charge >= 0.3 is 0 Å². The molecule has 0 amide bonds. The van der Waals surface area contributed by atoms with E-state index in [9.17, 15) is 0 Å². The van der Waals surface area contributed by atoms with E-state index in [4.69, 9.17) is 4.42 Å². The van der Waals surface area contributed by atoms with E-state index >= 15 is 0 Å². The Labute approximate surface area is 243 Å². The van der Waals surface area contributed by atoms with Crippen LogP contribution < -0.4 is 0 Å². The second-order valence-corrected chi connectivity index (χ2v) is 11.8. The van der Waals surface area contributed by atoms with Crippen LogP contribution in [0.15, 0.2) is 108 Å². The van der Waals surface area contributed by atoms with E-state index in [1.165, 1.54) is 44.5 Å². The van der Waals surface area contributed by atoms with Gasteiger partial charge < -0.3 is 13.6 Å². The van der Waals surface area contributed by atoms with E-state index in [1.807, 2.05) is 6.20 Å². The van der Waals surface area contributed by atoms with Gasteiger partial charge in [0.2, 0.25) is 0 Å². The van der Waals surface area contributed by atoms with E-state index < -0.39 is 0 Å². The fourth-order valence-corrected chi connectivity index (χ4v) is 7.16. The minimum atomic E-state index is 0.381. The van der Waals surface area contributed by atoms with E-state index in [2.05, 4.69) is 130 Å². The molecule has 204 valence electrons. The van der Waals surface area contributed by atoms with Gasteiger partial charge in [-0.25, -0.2) is 0 Å². The molecule has 0 spiro atoms. The summed E-state index contributed by atoms with van der Waals surface area (Å²) in [5, 5.41) is 9.40. The van der Waals surface area contributed by atoms with Crippen molar-refractivity contribution in [3.8, 4) is 22.8 Å². The van der Waals surface area contributed by atoms with Crippen LogP contribution >= 0.6 is 0 Å². The summed E-state index contributed by atoms with van der Waals surface area (Å²) in [6.07, 6.45) is 4.09. The highest BCUT2D eigenvalue weighted by Crippen LogP contribution is 2.41. The van der Waals surface area contributed by atoms with Gasteiger partial charge in [0, 0.05) is 45.7 Å². The Hall–Kier alpha value is -5.03. The van der Waals surface area contributed by atoms with Crippen LogP contribution in [0.3, 0.4) is 0 Å². The quantitative estimate of drug-likeness (QED) is 0.221. The van der Waals surface area contributed by atoms with Crippen LogP contribution in [0.5, 0.6) is 0 Å². The minimum Gasteiger partial charge on any atom is -0.454 e. The molecule has 5 heterocycles. The van der Waals surface area contributed by atoms with Crippen LogP contribution in [0.25, 0.3) is 66.5 Å². The number of nitrogens with zero attached hydrogens (tertiary/aromatic N) is 4. The summed E-state index contributed by atoms with van der Waals surface area (Å²) in [5.41, 5.74) is 11.6. The lowest BCUT2D eigenvalue weighted by molar-refractivity contribution is 0.593. The molecule has 42 heavy (non-hydrogen) atoms. The summed E-state index contributed by atoms with van der Waals surface area (Å²) < 4.78 is 13.7. The van der Waals surface area contributed by atoms with Gasteiger partial charge in [0.1, 0.15) is 5.58 Å². The molecule has 0 aliphatic carbocycles. The molecular formula is C37H30N4O. The standard InChI is InChI=1S/C37H30N4O/c1-23(2)34-21-24-9-8-20-39-32(18-19-38-39)36(24)40(34)25-16-17-35-29(22-25)28-12-7-15-33(37(28)42-35)41-30-13-5-3-10-26(30)27-11-4-6-14-31(27)41/h3-7,10-19,21-23H,8-9,20H2,1-2H3. The molecule has 0 atom stereocenters. The number of furan rings is 1.